The van der Waals surface area contributed by atoms with Gasteiger partial charge in [0.15, 0.2) is 0 Å². The second-order valence-corrected chi connectivity index (χ2v) is 11.5. The van der Waals surface area contributed by atoms with Crippen molar-refractivity contribution in [3.05, 3.63) is 53.7 Å². The SMILES string of the molecule is C/C1=C\CC[C@@]2(C)O[C@H]2[C@H]2OC(=O)C(CN3CCCN(C(=O)c4ccc5ccccc5n4)CC3)[C@@H]2CC1. The Morgan fingerprint density at radius 1 is 1.14 bits per heavy atom. The first-order valence-electron chi connectivity index (χ1n) is 13.8. The van der Waals surface area contributed by atoms with Crippen LogP contribution in [0.1, 0.15) is 56.4 Å². The highest BCUT2D eigenvalue weighted by Gasteiger charge is 2.62. The van der Waals surface area contributed by atoms with E-state index in [0.29, 0.717) is 25.3 Å². The Labute approximate surface area is 218 Å². The van der Waals surface area contributed by atoms with Gasteiger partial charge in [0, 0.05) is 37.5 Å². The van der Waals surface area contributed by atoms with E-state index in [0.717, 1.165) is 56.1 Å². The summed E-state index contributed by atoms with van der Waals surface area (Å²) < 4.78 is 12.1. The fourth-order valence-electron chi connectivity index (χ4n) is 6.53. The molecule has 0 bridgehead atoms. The molecule has 196 valence electrons. The number of ether oxygens (including phenoxy) is 2. The molecular formula is C30H37N3O4. The number of fused-ring (bicyclic) bond motifs is 4. The molecule has 7 heteroatoms. The molecule has 0 radical (unpaired) electrons. The normalized spacial score (nSPS) is 34.1. The number of epoxide rings is 1. The molecule has 1 unspecified atom stereocenters. The molecule has 1 amide bonds. The Hall–Kier alpha value is -2.77. The molecule has 1 aromatic heterocycles. The van der Waals surface area contributed by atoms with Crippen LogP contribution in [0.4, 0.5) is 0 Å². The van der Waals surface area contributed by atoms with Gasteiger partial charge in [0.1, 0.15) is 17.9 Å². The molecule has 3 fully saturated rings. The summed E-state index contributed by atoms with van der Waals surface area (Å²) >= 11 is 0. The van der Waals surface area contributed by atoms with E-state index in [1.165, 1.54) is 5.57 Å². The summed E-state index contributed by atoms with van der Waals surface area (Å²) in [5.41, 5.74) is 2.55. The van der Waals surface area contributed by atoms with Crippen LogP contribution in [0.2, 0.25) is 0 Å². The summed E-state index contributed by atoms with van der Waals surface area (Å²) in [7, 11) is 0. The minimum absolute atomic E-state index is 0.0185. The van der Waals surface area contributed by atoms with Gasteiger partial charge in [0.25, 0.3) is 5.91 Å². The summed E-state index contributed by atoms with van der Waals surface area (Å²) in [6.07, 6.45) is 7.03. The molecule has 6 rings (SSSR count). The molecule has 7 nitrogen and oxygen atoms in total. The molecule has 1 aromatic carbocycles. The van der Waals surface area contributed by atoms with Gasteiger partial charge in [-0.1, -0.05) is 35.9 Å². The van der Waals surface area contributed by atoms with Gasteiger partial charge in [-0.3, -0.25) is 9.59 Å². The van der Waals surface area contributed by atoms with Crippen LogP contribution in [-0.4, -0.2) is 77.2 Å². The van der Waals surface area contributed by atoms with E-state index in [9.17, 15) is 9.59 Å². The number of para-hydroxylation sites is 1. The van der Waals surface area contributed by atoms with E-state index >= 15 is 0 Å². The Morgan fingerprint density at radius 2 is 2.00 bits per heavy atom. The fourth-order valence-corrected chi connectivity index (χ4v) is 6.53. The minimum atomic E-state index is -0.174. The van der Waals surface area contributed by atoms with Crippen molar-refractivity contribution in [2.45, 2.75) is 63.8 Å². The molecule has 2 aromatic rings. The number of nitrogens with zero attached hydrogens (tertiary/aromatic N) is 3. The second-order valence-electron chi connectivity index (χ2n) is 11.5. The number of amides is 1. The van der Waals surface area contributed by atoms with E-state index in [-0.39, 0.29) is 41.5 Å². The van der Waals surface area contributed by atoms with Crippen LogP contribution in [0.25, 0.3) is 10.9 Å². The fraction of sp³-hybridized carbons (Fsp3) is 0.567. The number of hydrogen-bond acceptors (Lipinski definition) is 6. The van der Waals surface area contributed by atoms with Crippen LogP contribution in [0.3, 0.4) is 0 Å². The maximum Gasteiger partial charge on any atom is 0.311 e. The number of pyridine rings is 1. The lowest BCUT2D eigenvalue weighted by Crippen LogP contribution is -2.39. The van der Waals surface area contributed by atoms with Crippen molar-refractivity contribution < 1.29 is 19.1 Å². The number of rotatable bonds is 3. The van der Waals surface area contributed by atoms with Crippen molar-refractivity contribution >= 4 is 22.8 Å². The van der Waals surface area contributed by atoms with Gasteiger partial charge in [-0.15, -0.1) is 0 Å². The first kappa shape index (κ1) is 24.6. The first-order chi connectivity index (χ1) is 17.9. The lowest BCUT2D eigenvalue weighted by molar-refractivity contribution is -0.145. The highest BCUT2D eigenvalue weighted by Crippen LogP contribution is 2.50. The summed E-state index contributed by atoms with van der Waals surface area (Å²) in [6.45, 7) is 7.98. The molecule has 0 spiro atoms. The van der Waals surface area contributed by atoms with E-state index in [1.807, 2.05) is 41.3 Å². The van der Waals surface area contributed by atoms with E-state index in [1.54, 1.807) is 0 Å². The highest BCUT2D eigenvalue weighted by molar-refractivity contribution is 5.95. The number of esters is 1. The average molecular weight is 504 g/mol. The van der Waals surface area contributed by atoms with Gasteiger partial charge >= 0.3 is 5.97 Å². The summed E-state index contributed by atoms with van der Waals surface area (Å²) in [5, 5.41) is 1.03. The number of hydrogen-bond donors (Lipinski definition) is 0. The molecule has 3 aliphatic heterocycles. The Bertz CT molecular complexity index is 1230. The van der Waals surface area contributed by atoms with E-state index < -0.39 is 0 Å². The summed E-state index contributed by atoms with van der Waals surface area (Å²) in [6, 6.07) is 11.7. The first-order valence-corrected chi connectivity index (χ1v) is 13.8. The number of allylic oxidation sites excluding steroid dienone is 2. The molecule has 1 aliphatic carbocycles. The number of benzene rings is 1. The molecule has 4 aliphatic rings. The molecule has 3 saturated heterocycles. The van der Waals surface area contributed by atoms with Crippen LogP contribution in [-0.2, 0) is 14.3 Å². The topological polar surface area (TPSA) is 75.3 Å². The number of aromatic nitrogens is 1. The maximum atomic E-state index is 13.3. The van der Waals surface area contributed by atoms with Crippen molar-refractivity contribution in [3.63, 3.8) is 0 Å². The quantitative estimate of drug-likeness (QED) is 0.355. The summed E-state index contributed by atoms with van der Waals surface area (Å²) in [4.78, 5) is 35.3. The highest BCUT2D eigenvalue weighted by atomic mass is 16.6. The molecule has 0 N–H and O–H groups in total. The smallest absolute Gasteiger partial charge is 0.311 e. The predicted molar refractivity (Wildman–Crippen MR) is 141 cm³/mol. The minimum Gasteiger partial charge on any atom is -0.459 e. The zero-order valence-corrected chi connectivity index (χ0v) is 21.9. The van der Waals surface area contributed by atoms with Gasteiger partial charge in [-0.25, -0.2) is 4.98 Å². The number of carbonyl (C=O) groups is 2. The predicted octanol–water partition coefficient (Wildman–Crippen LogP) is 4.22. The van der Waals surface area contributed by atoms with Crippen molar-refractivity contribution in [2.75, 3.05) is 32.7 Å². The third-order valence-electron chi connectivity index (χ3n) is 8.89. The Kier molecular flexibility index (Phi) is 6.53. The zero-order chi connectivity index (χ0) is 25.6. The molecule has 4 heterocycles. The second kappa shape index (κ2) is 9.84. The van der Waals surface area contributed by atoms with Crippen LogP contribution >= 0.6 is 0 Å². The molecule has 0 saturated carbocycles. The van der Waals surface area contributed by atoms with Gasteiger partial charge in [0.05, 0.1) is 17.0 Å². The third kappa shape index (κ3) is 4.91. The molecule has 37 heavy (non-hydrogen) atoms. The van der Waals surface area contributed by atoms with E-state index in [2.05, 4.69) is 29.8 Å². The van der Waals surface area contributed by atoms with Crippen molar-refractivity contribution in [2.24, 2.45) is 11.8 Å². The standard InChI is InChI=1S/C30H37N3O4/c1-20-7-5-14-30(2)27(37-30)26-22(12-10-20)23(29(35)36-26)19-32-15-6-16-33(18-17-32)28(34)25-13-11-21-8-3-4-9-24(21)31-25/h3-4,7-9,11,13,22-23,26-27H,5-6,10,12,14-19H2,1-2H3/b20-7+/t22-,23?,26-,27-,30+/m0/s1. The van der Waals surface area contributed by atoms with Gasteiger partial charge in [-0.05, 0) is 64.6 Å². The van der Waals surface area contributed by atoms with Crippen LogP contribution in [0.5, 0.6) is 0 Å². The van der Waals surface area contributed by atoms with Gasteiger partial charge in [-0.2, -0.15) is 0 Å². The lowest BCUT2D eigenvalue weighted by atomic mass is 9.80. The van der Waals surface area contributed by atoms with Crippen LogP contribution < -0.4 is 0 Å². The van der Waals surface area contributed by atoms with Crippen molar-refractivity contribution in [1.29, 1.82) is 0 Å². The Morgan fingerprint density at radius 3 is 2.89 bits per heavy atom. The zero-order valence-electron chi connectivity index (χ0n) is 21.9. The molecule has 5 atom stereocenters. The third-order valence-corrected chi connectivity index (χ3v) is 8.89. The maximum absolute atomic E-state index is 13.3. The van der Waals surface area contributed by atoms with Gasteiger partial charge in [0.2, 0.25) is 0 Å². The van der Waals surface area contributed by atoms with Crippen LogP contribution in [0.15, 0.2) is 48.0 Å². The molecular weight excluding hydrogens is 466 g/mol. The van der Waals surface area contributed by atoms with Gasteiger partial charge < -0.3 is 19.3 Å². The average Bonchev–Trinajstić information content (AvgIpc) is 3.55. The largest absolute Gasteiger partial charge is 0.459 e. The monoisotopic (exact) mass is 503 g/mol. The lowest BCUT2D eigenvalue weighted by Gasteiger charge is -2.27. The van der Waals surface area contributed by atoms with Crippen molar-refractivity contribution in [1.82, 2.24) is 14.8 Å². The summed E-state index contributed by atoms with van der Waals surface area (Å²) in [5.74, 6) is -0.0716. The van der Waals surface area contributed by atoms with E-state index in [4.69, 9.17) is 9.47 Å². The van der Waals surface area contributed by atoms with Crippen LogP contribution in [0, 0.1) is 11.8 Å². The number of carbonyl (C=O) groups excluding carboxylic acids is 2. The Balaban J connectivity index is 1.12. The van der Waals surface area contributed by atoms with Crippen molar-refractivity contribution in [3.8, 4) is 0 Å².